The maximum atomic E-state index is 6.27. The van der Waals surface area contributed by atoms with Gasteiger partial charge in [0.1, 0.15) is 11.4 Å². The predicted molar refractivity (Wildman–Crippen MR) is 91.5 cm³/mol. The lowest BCUT2D eigenvalue weighted by Crippen LogP contribution is -2.02. The van der Waals surface area contributed by atoms with Crippen molar-refractivity contribution in [1.29, 1.82) is 0 Å². The molecule has 0 spiro atoms. The highest BCUT2D eigenvalue weighted by atomic mass is 35.5. The molecule has 2 aromatic carbocycles. The predicted octanol–water partition coefficient (Wildman–Crippen LogP) is 6.29. The summed E-state index contributed by atoms with van der Waals surface area (Å²) in [5.74, 6) is 0. The molecule has 2 aromatic rings. The fourth-order valence-corrected chi connectivity index (χ4v) is 3.49. The van der Waals surface area contributed by atoms with Crippen molar-refractivity contribution in [2.75, 3.05) is 5.32 Å². The van der Waals surface area contributed by atoms with Gasteiger partial charge in [0.15, 0.2) is 0 Å². The van der Waals surface area contributed by atoms with E-state index in [1.54, 1.807) is 6.07 Å². The number of nitrogens with one attached hydrogen (secondary N) is 1. The summed E-state index contributed by atoms with van der Waals surface area (Å²) in [6.45, 7) is 2.64. The molecule has 0 saturated heterocycles. The van der Waals surface area contributed by atoms with E-state index in [1.165, 1.54) is 0 Å². The van der Waals surface area contributed by atoms with Gasteiger partial charge in [-0.3, -0.25) is 0 Å². The Kier molecular flexibility index (Phi) is 4.22. The Balaban J connectivity index is 1.90. The highest BCUT2D eigenvalue weighted by Gasteiger charge is 2.18. The molecule has 1 heterocycles. The molecule has 3 rings (SSSR count). The second kappa shape index (κ2) is 5.97. The summed E-state index contributed by atoms with van der Waals surface area (Å²) in [4.78, 5) is 0. The SMILES string of the molecule is Cc1cc(Cl)ccc1CNc1c(Cl)cc(Cl)c2c1N=S=N2. The molecule has 0 aliphatic carbocycles. The van der Waals surface area contributed by atoms with E-state index < -0.39 is 0 Å². The molecule has 0 saturated carbocycles. The van der Waals surface area contributed by atoms with Gasteiger partial charge in [0.2, 0.25) is 0 Å². The minimum absolute atomic E-state index is 0.511. The molecular weight excluding hydrogens is 349 g/mol. The average Bonchev–Trinajstić information content (AvgIpc) is 2.90. The average molecular weight is 359 g/mol. The second-order valence-electron chi connectivity index (χ2n) is 4.60. The third-order valence-electron chi connectivity index (χ3n) is 3.20. The van der Waals surface area contributed by atoms with Crippen LogP contribution in [0.5, 0.6) is 0 Å². The Morgan fingerprint density at radius 1 is 1.05 bits per heavy atom. The standard InChI is InChI=1S/C14H10Cl3N3S/c1-7-4-9(15)3-2-8(7)6-18-12-10(16)5-11(17)13-14(12)20-21-19-13/h2-5,18H,6H2,1H3. The number of halogens is 3. The van der Waals surface area contributed by atoms with Gasteiger partial charge < -0.3 is 5.32 Å². The zero-order chi connectivity index (χ0) is 15.0. The molecule has 1 aliphatic heterocycles. The molecule has 0 bridgehead atoms. The zero-order valence-corrected chi connectivity index (χ0v) is 14.0. The number of aryl methyl sites for hydroxylation is 1. The van der Waals surface area contributed by atoms with Crippen LogP contribution in [0.25, 0.3) is 0 Å². The quantitative estimate of drug-likeness (QED) is 0.586. The number of rotatable bonds is 3. The van der Waals surface area contributed by atoms with E-state index in [0.717, 1.165) is 33.2 Å². The fraction of sp³-hybridized carbons (Fsp3) is 0.143. The molecule has 0 atom stereocenters. The van der Waals surface area contributed by atoms with E-state index in [-0.39, 0.29) is 0 Å². The first-order valence-electron chi connectivity index (χ1n) is 6.15. The minimum atomic E-state index is 0.511. The fourth-order valence-electron chi connectivity index (χ4n) is 2.08. The van der Waals surface area contributed by atoms with Crippen molar-refractivity contribution >= 4 is 63.2 Å². The largest absolute Gasteiger partial charge is 0.378 e. The van der Waals surface area contributed by atoms with Crippen LogP contribution in [0.2, 0.25) is 15.1 Å². The third kappa shape index (κ3) is 2.94. The number of hydrogen-bond acceptors (Lipinski definition) is 3. The van der Waals surface area contributed by atoms with Crippen molar-refractivity contribution < 1.29 is 0 Å². The molecule has 108 valence electrons. The van der Waals surface area contributed by atoms with Gasteiger partial charge >= 0.3 is 0 Å². The van der Waals surface area contributed by atoms with E-state index in [2.05, 4.69) is 14.0 Å². The first-order chi connectivity index (χ1) is 10.1. The highest BCUT2D eigenvalue weighted by molar-refractivity contribution is 7.58. The van der Waals surface area contributed by atoms with Gasteiger partial charge in [-0.1, -0.05) is 40.9 Å². The smallest absolute Gasteiger partial charge is 0.130 e. The normalized spacial score (nSPS) is 12.2. The Labute approximate surface area is 141 Å². The van der Waals surface area contributed by atoms with Crippen LogP contribution in [0, 0.1) is 6.92 Å². The van der Waals surface area contributed by atoms with Gasteiger partial charge in [-0.15, -0.1) is 0 Å². The van der Waals surface area contributed by atoms with Crippen LogP contribution in [0.1, 0.15) is 11.1 Å². The lowest BCUT2D eigenvalue weighted by molar-refractivity contribution is 1.12. The van der Waals surface area contributed by atoms with Crippen LogP contribution >= 0.6 is 34.8 Å². The summed E-state index contributed by atoms with van der Waals surface area (Å²) >= 11 is 19.5. The van der Waals surface area contributed by atoms with E-state index in [9.17, 15) is 0 Å². The Bertz CT molecular complexity index is 799. The van der Waals surface area contributed by atoms with Crippen LogP contribution in [-0.4, -0.2) is 0 Å². The van der Waals surface area contributed by atoms with Gasteiger partial charge in [-0.2, -0.15) is 8.73 Å². The van der Waals surface area contributed by atoms with Gasteiger partial charge in [-0.25, -0.2) is 0 Å². The molecule has 21 heavy (non-hydrogen) atoms. The summed E-state index contributed by atoms with van der Waals surface area (Å²) in [5, 5.41) is 5.09. The third-order valence-corrected chi connectivity index (χ3v) is 4.55. The van der Waals surface area contributed by atoms with Crippen molar-refractivity contribution in [3.8, 4) is 0 Å². The second-order valence-corrected chi connectivity index (χ2v) is 6.38. The van der Waals surface area contributed by atoms with Gasteiger partial charge in [-0.05, 0) is 36.2 Å². The Morgan fingerprint density at radius 3 is 2.57 bits per heavy atom. The van der Waals surface area contributed by atoms with E-state index in [0.29, 0.717) is 28.0 Å². The summed E-state index contributed by atoms with van der Waals surface area (Å²) < 4.78 is 8.45. The molecule has 0 radical (unpaired) electrons. The summed E-state index contributed by atoms with van der Waals surface area (Å²) in [5.41, 5.74) is 4.37. The molecule has 0 fully saturated rings. The first-order valence-corrected chi connectivity index (χ1v) is 8.02. The van der Waals surface area contributed by atoms with Crippen LogP contribution in [0.15, 0.2) is 33.0 Å². The maximum Gasteiger partial charge on any atom is 0.130 e. The summed E-state index contributed by atoms with van der Waals surface area (Å²) in [6, 6.07) is 7.48. The molecule has 0 amide bonds. The van der Waals surface area contributed by atoms with E-state index in [1.807, 2.05) is 25.1 Å². The van der Waals surface area contributed by atoms with Gasteiger partial charge in [0, 0.05) is 11.6 Å². The monoisotopic (exact) mass is 357 g/mol. The van der Waals surface area contributed by atoms with Crippen molar-refractivity contribution in [3.63, 3.8) is 0 Å². The van der Waals surface area contributed by atoms with Crippen LogP contribution < -0.4 is 5.32 Å². The van der Waals surface area contributed by atoms with E-state index in [4.69, 9.17) is 34.8 Å². The van der Waals surface area contributed by atoms with Crippen molar-refractivity contribution in [1.82, 2.24) is 0 Å². The number of benzene rings is 2. The number of anilines is 1. The molecule has 0 aromatic heterocycles. The van der Waals surface area contributed by atoms with E-state index >= 15 is 0 Å². The van der Waals surface area contributed by atoms with Crippen molar-refractivity contribution in [2.24, 2.45) is 8.73 Å². The number of fused-ring (bicyclic) bond motifs is 1. The maximum absolute atomic E-state index is 6.27. The highest BCUT2D eigenvalue weighted by Crippen LogP contribution is 2.47. The van der Waals surface area contributed by atoms with Crippen LogP contribution in [-0.2, 0) is 17.9 Å². The molecule has 0 unspecified atom stereocenters. The Morgan fingerprint density at radius 2 is 1.81 bits per heavy atom. The summed E-state index contributed by atoms with van der Waals surface area (Å²) in [6.07, 6.45) is 0. The molecular formula is C14H10Cl3N3S. The topological polar surface area (TPSA) is 36.8 Å². The van der Waals surface area contributed by atoms with Crippen LogP contribution in [0.4, 0.5) is 17.1 Å². The van der Waals surface area contributed by atoms with Crippen LogP contribution in [0.3, 0.4) is 0 Å². The number of hydrogen-bond donors (Lipinski definition) is 1. The summed E-state index contributed by atoms with van der Waals surface area (Å²) in [7, 11) is 0. The lowest BCUT2D eigenvalue weighted by Gasteiger charge is -2.13. The lowest BCUT2D eigenvalue weighted by atomic mass is 10.1. The minimum Gasteiger partial charge on any atom is -0.378 e. The zero-order valence-electron chi connectivity index (χ0n) is 11.0. The van der Waals surface area contributed by atoms with Crippen molar-refractivity contribution in [3.05, 3.63) is 50.5 Å². The first kappa shape index (κ1) is 14.9. The van der Waals surface area contributed by atoms with Crippen molar-refractivity contribution in [2.45, 2.75) is 13.5 Å². The molecule has 1 aliphatic rings. The molecule has 3 nitrogen and oxygen atoms in total. The number of nitrogens with zero attached hydrogens (tertiary/aromatic N) is 2. The van der Waals surface area contributed by atoms with Gasteiger partial charge in [0.25, 0.3) is 0 Å². The molecule has 1 N–H and O–H groups in total. The van der Waals surface area contributed by atoms with Gasteiger partial charge in [0.05, 0.1) is 27.1 Å². The molecule has 7 heteroatoms. The Hall–Kier alpha value is -1.07.